The van der Waals surface area contributed by atoms with Gasteiger partial charge in [-0.25, -0.2) is 4.79 Å². The number of epoxide rings is 1. The highest BCUT2D eigenvalue weighted by molar-refractivity contribution is 5.86. The van der Waals surface area contributed by atoms with E-state index in [4.69, 9.17) is 33.2 Å². The van der Waals surface area contributed by atoms with Gasteiger partial charge in [0.25, 0.3) is 5.97 Å². The Labute approximate surface area is 251 Å². The fraction of sp³-hybridized carbons (Fsp3) is 0.875. The maximum Gasteiger partial charge on any atom is 0.344 e. The molecule has 2 N–H and O–H groups in total. The molecule has 43 heavy (non-hydrogen) atoms. The minimum absolute atomic E-state index is 0.0153. The fourth-order valence-electron chi connectivity index (χ4n) is 11.1. The molecular formula is C32H44O11. The molecule has 0 aromatic heterocycles. The first kappa shape index (κ1) is 28.8. The SMILES string of the molecule is C=C(C)[C@@]12OC34CCCCCCC[C@H](C)[C@@H]5[C@@H]6[C@]7(O[C@]5(C)OC7=O)[C@H](O)[C@@]5(CO)O[C@H]5[C@@H]([C@H]1O3)[C@]6(O4)[C@H](C)[C@H]2OC(C)=O. The number of carbonyl (C=O) groups excluding carboxylic acids is 2. The van der Waals surface area contributed by atoms with Crippen LogP contribution in [-0.2, 0) is 42.7 Å². The summed E-state index contributed by atoms with van der Waals surface area (Å²) in [4.78, 5) is 26.9. The van der Waals surface area contributed by atoms with Crippen LogP contribution < -0.4 is 0 Å². The van der Waals surface area contributed by atoms with Crippen molar-refractivity contribution in [1.29, 1.82) is 0 Å². The van der Waals surface area contributed by atoms with Gasteiger partial charge in [0.15, 0.2) is 5.60 Å². The van der Waals surface area contributed by atoms with E-state index in [0.717, 1.165) is 38.5 Å². The van der Waals surface area contributed by atoms with Crippen molar-refractivity contribution in [2.75, 3.05) is 6.61 Å². The van der Waals surface area contributed by atoms with Crippen molar-refractivity contribution < 1.29 is 53.0 Å². The molecule has 6 aliphatic heterocycles. The highest BCUT2D eigenvalue weighted by Gasteiger charge is 2.95. The average Bonchev–Trinajstić information content (AvgIpc) is 3.43. The molecule has 0 aromatic rings. The van der Waals surface area contributed by atoms with E-state index in [0.29, 0.717) is 12.0 Å². The summed E-state index contributed by atoms with van der Waals surface area (Å²) >= 11 is 0. The quantitative estimate of drug-likeness (QED) is 0.279. The first-order valence-corrected chi connectivity index (χ1v) is 16.1. The minimum atomic E-state index is -1.89. The van der Waals surface area contributed by atoms with Crippen LogP contribution in [0.4, 0.5) is 0 Å². The molecule has 6 heterocycles. The van der Waals surface area contributed by atoms with Crippen LogP contribution in [0.2, 0.25) is 0 Å². The standard InChI is InChI=1S/C32H44O11/c1-15(2)30-22(37-18(5)34)17(4)31-20-23-28(14-33,38-23)25(35)32-21(31)19(27(6,41-32)40-26(32)36)16(3)12-10-8-7-9-11-13-29(42-30,43-31)39-24(20)30/h16-17,19-25,33,35H,1,7-14H2,2-6H3/t16-,17+,19+,20-,21-,22+,23-,24+,25+,27-,28-,29?,30-,31+,32-/m0/s1. The summed E-state index contributed by atoms with van der Waals surface area (Å²) in [6.45, 7) is 12.9. The second kappa shape index (κ2) is 8.60. The van der Waals surface area contributed by atoms with Gasteiger partial charge in [0, 0.05) is 43.9 Å². The van der Waals surface area contributed by atoms with Crippen molar-refractivity contribution in [3.8, 4) is 0 Å². The summed E-state index contributed by atoms with van der Waals surface area (Å²) in [7, 11) is 0. The molecule has 0 aromatic carbocycles. The van der Waals surface area contributed by atoms with Crippen LogP contribution in [0.5, 0.6) is 0 Å². The van der Waals surface area contributed by atoms with Gasteiger partial charge < -0.3 is 43.4 Å². The molecular weight excluding hydrogens is 560 g/mol. The third-order valence-corrected chi connectivity index (χ3v) is 12.6. The molecule has 6 saturated heterocycles. The first-order chi connectivity index (χ1) is 20.3. The number of aliphatic hydroxyl groups excluding tert-OH is 2. The van der Waals surface area contributed by atoms with E-state index in [-0.39, 0.29) is 11.8 Å². The molecule has 8 rings (SSSR count). The molecule has 2 aliphatic carbocycles. The highest BCUT2D eigenvalue weighted by Crippen LogP contribution is 2.77. The molecule has 0 amide bonds. The van der Waals surface area contributed by atoms with Crippen LogP contribution in [0.1, 0.15) is 79.6 Å². The van der Waals surface area contributed by atoms with E-state index in [1.807, 2.05) is 13.8 Å². The Balaban J connectivity index is 1.45. The van der Waals surface area contributed by atoms with E-state index in [1.54, 1.807) is 6.92 Å². The number of rotatable bonds is 3. The summed E-state index contributed by atoms with van der Waals surface area (Å²) in [6.07, 6.45) is 2.20. The third kappa shape index (κ3) is 3.07. The lowest BCUT2D eigenvalue weighted by Crippen LogP contribution is -2.78. The van der Waals surface area contributed by atoms with Crippen molar-refractivity contribution in [3.05, 3.63) is 12.2 Å². The molecule has 238 valence electrons. The number of ether oxygens (including phenoxy) is 7. The van der Waals surface area contributed by atoms with Crippen molar-refractivity contribution in [2.24, 2.45) is 29.6 Å². The van der Waals surface area contributed by atoms with Gasteiger partial charge in [-0.3, -0.25) is 4.79 Å². The summed E-state index contributed by atoms with van der Waals surface area (Å²) < 4.78 is 46.5. The van der Waals surface area contributed by atoms with Crippen LogP contribution in [0.15, 0.2) is 12.2 Å². The zero-order chi connectivity index (χ0) is 30.5. The van der Waals surface area contributed by atoms with Gasteiger partial charge >= 0.3 is 11.9 Å². The summed E-state index contributed by atoms with van der Waals surface area (Å²) in [5.74, 6) is -6.35. The largest absolute Gasteiger partial charge is 0.459 e. The first-order valence-electron chi connectivity index (χ1n) is 16.1. The highest BCUT2D eigenvalue weighted by atomic mass is 16.9. The van der Waals surface area contributed by atoms with E-state index in [2.05, 4.69) is 13.5 Å². The minimum Gasteiger partial charge on any atom is -0.459 e. The van der Waals surface area contributed by atoms with Gasteiger partial charge in [-0.15, -0.1) is 0 Å². The number of fused-ring (bicyclic) bond motifs is 3. The zero-order valence-electron chi connectivity index (χ0n) is 25.6. The van der Waals surface area contributed by atoms with Crippen LogP contribution >= 0.6 is 0 Å². The average molecular weight is 605 g/mol. The molecule has 11 nitrogen and oxygen atoms in total. The smallest absolute Gasteiger partial charge is 0.344 e. The molecule has 11 heteroatoms. The van der Waals surface area contributed by atoms with Gasteiger partial charge in [0.05, 0.1) is 12.2 Å². The second-order valence-electron chi connectivity index (χ2n) is 14.8. The summed E-state index contributed by atoms with van der Waals surface area (Å²) in [5, 5.41) is 23.2. The maximum absolute atomic E-state index is 14.2. The topological polar surface area (TPSA) is 143 Å². The molecule has 8 fully saturated rings. The van der Waals surface area contributed by atoms with Gasteiger partial charge in [-0.05, 0) is 24.8 Å². The van der Waals surface area contributed by atoms with Crippen LogP contribution in [-0.4, -0.2) is 87.3 Å². The van der Waals surface area contributed by atoms with E-state index >= 15 is 0 Å². The normalized spacial score (nSPS) is 59.2. The van der Waals surface area contributed by atoms with Crippen LogP contribution in [0.3, 0.4) is 0 Å². The third-order valence-electron chi connectivity index (χ3n) is 12.6. The Bertz CT molecular complexity index is 1290. The van der Waals surface area contributed by atoms with Gasteiger partial charge in [0.1, 0.15) is 30.0 Å². The Morgan fingerprint density at radius 1 is 1.02 bits per heavy atom. The Morgan fingerprint density at radius 3 is 2.44 bits per heavy atom. The number of aliphatic hydroxyl groups is 2. The lowest BCUT2D eigenvalue weighted by molar-refractivity contribution is -0.436. The van der Waals surface area contributed by atoms with Gasteiger partial charge in [-0.2, -0.15) is 0 Å². The number of carbonyl (C=O) groups is 2. The van der Waals surface area contributed by atoms with Crippen molar-refractivity contribution in [2.45, 2.75) is 138 Å². The molecule has 2 saturated carbocycles. The lowest BCUT2D eigenvalue weighted by atomic mass is 9.49. The number of hydrogen-bond acceptors (Lipinski definition) is 11. The monoisotopic (exact) mass is 604 g/mol. The van der Waals surface area contributed by atoms with E-state index < -0.39 is 94.9 Å². The summed E-state index contributed by atoms with van der Waals surface area (Å²) in [6, 6.07) is 0. The Morgan fingerprint density at radius 2 is 1.74 bits per heavy atom. The fourth-order valence-corrected chi connectivity index (χ4v) is 11.1. The lowest BCUT2D eigenvalue weighted by Gasteiger charge is -2.63. The van der Waals surface area contributed by atoms with Crippen molar-refractivity contribution in [1.82, 2.24) is 0 Å². The van der Waals surface area contributed by atoms with Gasteiger partial charge in [-0.1, -0.05) is 52.5 Å². The van der Waals surface area contributed by atoms with Crippen LogP contribution in [0, 0.1) is 29.6 Å². The Kier molecular flexibility index (Phi) is 5.77. The number of esters is 2. The molecule has 0 radical (unpaired) electrons. The molecule has 1 unspecified atom stereocenters. The van der Waals surface area contributed by atoms with Crippen LogP contribution in [0.25, 0.3) is 0 Å². The molecule has 15 atom stereocenters. The van der Waals surface area contributed by atoms with E-state index in [9.17, 15) is 19.8 Å². The predicted octanol–water partition coefficient (Wildman–Crippen LogP) is 2.50. The van der Waals surface area contributed by atoms with E-state index in [1.165, 1.54) is 6.92 Å². The maximum atomic E-state index is 14.2. The van der Waals surface area contributed by atoms with Gasteiger partial charge in [0.2, 0.25) is 11.4 Å². The Hall–Kier alpha value is -1.60. The van der Waals surface area contributed by atoms with Crippen molar-refractivity contribution >= 4 is 11.9 Å². The second-order valence-corrected chi connectivity index (χ2v) is 14.8. The number of hydrogen-bond donors (Lipinski definition) is 2. The predicted molar refractivity (Wildman–Crippen MR) is 146 cm³/mol. The molecule has 8 aliphatic rings. The molecule has 3 spiro atoms. The molecule has 5 bridgehead atoms. The van der Waals surface area contributed by atoms with Crippen molar-refractivity contribution in [3.63, 3.8) is 0 Å². The summed E-state index contributed by atoms with van der Waals surface area (Å²) in [5.41, 5.74) is -5.36. The zero-order valence-corrected chi connectivity index (χ0v) is 25.6.